The average molecular weight is 323 g/mol. The van der Waals surface area contributed by atoms with Crippen molar-refractivity contribution in [2.75, 3.05) is 0 Å². The van der Waals surface area contributed by atoms with Gasteiger partial charge in [-0.25, -0.2) is 9.67 Å². The van der Waals surface area contributed by atoms with E-state index in [-0.39, 0.29) is 16.7 Å². The summed E-state index contributed by atoms with van der Waals surface area (Å²) in [6.45, 7) is 6.65. The van der Waals surface area contributed by atoms with Crippen molar-refractivity contribution in [3.63, 3.8) is 0 Å². The van der Waals surface area contributed by atoms with Crippen LogP contribution in [-0.4, -0.2) is 24.5 Å². The number of halogens is 3. The van der Waals surface area contributed by atoms with Crippen molar-refractivity contribution in [3.05, 3.63) is 29.7 Å². The molecule has 0 bridgehead atoms. The van der Waals surface area contributed by atoms with Crippen LogP contribution in [0.25, 0.3) is 22.3 Å². The summed E-state index contributed by atoms with van der Waals surface area (Å²) in [4.78, 5) is 4.41. The van der Waals surface area contributed by atoms with Gasteiger partial charge in [-0.15, -0.1) is 0 Å². The predicted octanol–water partition coefficient (Wildman–Crippen LogP) is 3.66. The Hall–Kier alpha value is -2.38. The number of rotatable bonds is 3. The molecule has 5 nitrogen and oxygen atoms in total. The van der Waals surface area contributed by atoms with Crippen molar-refractivity contribution < 1.29 is 13.2 Å². The zero-order chi connectivity index (χ0) is 16.8. The third kappa shape index (κ3) is 2.47. The summed E-state index contributed by atoms with van der Waals surface area (Å²) in [7, 11) is 0. The fourth-order valence-electron chi connectivity index (χ4n) is 2.67. The molecule has 3 aromatic rings. The molecule has 0 amide bonds. The molecule has 8 heteroatoms. The van der Waals surface area contributed by atoms with E-state index >= 15 is 0 Å². The molecule has 3 heterocycles. The molecule has 0 radical (unpaired) electrons. The summed E-state index contributed by atoms with van der Waals surface area (Å²) in [6.07, 6.45) is -1.69. The highest BCUT2D eigenvalue weighted by Gasteiger charge is 2.34. The first kappa shape index (κ1) is 15.5. The Morgan fingerprint density at radius 1 is 1.04 bits per heavy atom. The van der Waals surface area contributed by atoms with Crippen LogP contribution in [0.2, 0.25) is 0 Å². The second-order valence-corrected chi connectivity index (χ2v) is 5.21. The molecule has 0 aliphatic rings. The number of fused-ring (bicyclic) bond motifs is 1. The molecule has 0 spiro atoms. The smallest absolute Gasteiger partial charge is 0.269 e. The molecule has 23 heavy (non-hydrogen) atoms. The van der Waals surface area contributed by atoms with E-state index in [1.54, 1.807) is 10.9 Å². The first-order valence-corrected chi connectivity index (χ1v) is 7.33. The minimum absolute atomic E-state index is 0.0173. The van der Waals surface area contributed by atoms with Gasteiger partial charge in [-0.05, 0) is 26.8 Å². The predicted molar refractivity (Wildman–Crippen MR) is 79.8 cm³/mol. The van der Waals surface area contributed by atoms with Gasteiger partial charge in [0.25, 0.3) is 0 Å². The first-order chi connectivity index (χ1) is 10.9. The van der Waals surface area contributed by atoms with E-state index in [9.17, 15) is 13.2 Å². The number of alkyl halides is 3. The van der Waals surface area contributed by atoms with Crippen LogP contribution >= 0.6 is 0 Å². The molecular formula is C15H16F3N5. The first-order valence-electron chi connectivity index (χ1n) is 7.33. The number of aryl methyl sites for hydroxylation is 2. The third-order valence-corrected chi connectivity index (χ3v) is 3.89. The van der Waals surface area contributed by atoms with E-state index in [0.29, 0.717) is 18.7 Å². The highest BCUT2D eigenvalue weighted by molar-refractivity contribution is 5.83. The number of hydrogen-bond acceptors (Lipinski definition) is 3. The highest BCUT2D eigenvalue weighted by Crippen LogP contribution is 2.37. The lowest BCUT2D eigenvalue weighted by molar-refractivity contribution is -0.136. The van der Waals surface area contributed by atoms with Crippen LogP contribution in [0, 0.1) is 6.92 Å². The molecule has 3 aromatic heterocycles. The Morgan fingerprint density at radius 2 is 1.70 bits per heavy atom. The lowest BCUT2D eigenvalue weighted by Gasteiger charge is -2.11. The summed E-state index contributed by atoms with van der Waals surface area (Å²) in [5.74, 6) is 0. The molecule has 0 aliphatic carbocycles. The topological polar surface area (TPSA) is 48.5 Å². The molecule has 0 saturated carbocycles. The lowest BCUT2D eigenvalue weighted by atomic mass is 10.1. The van der Waals surface area contributed by atoms with Gasteiger partial charge in [0, 0.05) is 24.3 Å². The molecule has 0 atom stereocenters. The molecule has 0 unspecified atom stereocenters. The Kier molecular flexibility index (Phi) is 3.62. The number of hydrogen-bond donors (Lipinski definition) is 0. The van der Waals surface area contributed by atoms with E-state index < -0.39 is 11.7 Å². The van der Waals surface area contributed by atoms with Crippen LogP contribution in [0.1, 0.15) is 25.1 Å². The fraction of sp³-hybridized carbons (Fsp3) is 0.400. The minimum atomic E-state index is -4.47. The summed E-state index contributed by atoms with van der Waals surface area (Å²) in [5, 5.41) is 8.20. The van der Waals surface area contributed by atoms with Crippen LogP contribution in [-0.2, 0) is 19.3 Å². The minimum Gasteiger partial charge on any atom is -0.269 e. The summed E-state index contributed by atoms with van der Waals surface area (Å²) >= 11 is 0. The molecule has 0 aromatic carbocycles. The van der Waals surface area contributed by atoms with Crippen LogP contribution in [0.15, 0.2) is 18.5 Å². The van der Waals surface area contributed by atoms with Gasteiger partial charge in [0.2, 0.25) is 0 Å². The van der Waals surface area contributed by atoms with Crippen molar-refractivity contribution in [1.82, 2.24) is 24.5 Å². The standard InChI is InChI=1S/C15H16F3N5/c1-4-22-9(3)10(7-19-22)13-6-12(15(16,17)18)11-8-20-23(5-2)14(11)21-13/h6-8H,4-5H2,1-3H3. The zero-order valence-electron chi connectivity index (χ0n) is 13.0. The van der Waals surface area contributed by atoms with Crippen molar-refractivity contribution in [2.24, 2.45) is 0 Å². The molecule has 0 saturated heterocycles. The van der Waals surface area contributed by atoms with Crippen molar-refractivity contribution in [3.8, 4) is 11.3 Å². The SMILES string of the molecule is CCn1ncc(-c2cc(C(F)(F)F)c3cnn(CC)c3n2)c1C. The van der Waals surface area contributed by atoms with E-state index in [1.165, 1.54) is 10.9 Å². The number of pyridine rings is 1. The highest BCUT2D eigenvalue weighted by atomic mass is 19.4. The summed E-state index contributed by atoms with van der Waals surface area (Å²) in [5.41, 5.74) is 1.16. The van der Waals surface area contributed by atoms with Crippen LogP contribution in [0.3, 0.4) is 0 Å². The van der Waals surface area contributed by atoms with Crippen LogP contribution in [0.5, 0.6) is 0 Å². The summed E-state index contributed by atoms with van der Waals surface area (Å²) in [6, 6.07) is 1.08. The van der Waals surface area contributed by atoms with Gasteiger partial charge in [-0.3, -0.25) is 4.68 Å². The second-order valence-electron chi connectivity index (χ2n) is 5.21. The van der Waals surface area contributed by atoms with Crippen LogP contribution < -0.4 is 0 Å². The fourth-order valence-corrected chi connectivity index (χ4v) is 2.67. The van der Waals surface area contributed by atoms with Gasteiger partial charge < -0.3 is 0 Å². The Balaban J connectivity index is 2.31. The maximum Gasteiger partial charge on any atom is 0.417 e. The Morgan fingerprint density at radius 3 is 2.26 bits per heavy atom. The van der Waals surface area contributed by atoms with Crippen LogP contribution in [0.4, 0.5) is 13.2 Å². The number of aromatic nitrogens is 5. The van der Waals surface area contributed by atoms with Crippen molar-refractivity contribution in [2.45, 2.75) is 40.0 Å². The van der Waals surface area contributed by atoms with Crippen molar-refractivity contribution in [1.29, 1.82) is 0 Å². The average Bonchev–Trinajstić information content (AvgIpc) is 3.07. The Bertz CT molecular complexity index is 860. The lowest BCUT2D eigenvalue weighted by Crippen LogP contribution is -2.08. The molecule has 0 aliphatic heterocycles. The van der Waals surface area contributed by atoms with E-state index in [2.05, 4.69) is 15.2 Å². The molecule has 0 N–H and O–H groups in total. The van der Waals surface area contributed by atoms with Gasteiger partial charge in [0.15, 0.2) is 5.65 Å². The van der Waals surface area contributed by atoms with E-state index in [4.69, 9.17) is 0 Å². The van der Waals surface area contributed by atoms with Gasteiger partial charge in [0.05, 0.1) is 29.0 Å². The molecule has 3 rings (SSSR count). The maximum atomic E-state index is 13.4. The molecule has 122 valence electrons. The van der Waals surface area contributed by atoms with Crippen molar-refractivity contribution >= 4 is 11.0 Å². The van der Waals surface area contributed by atoms with Gasteiger partial charge >= 0.3 is 6.18 Å². The summed E-state index contributed by atoms with van der Waals surface area (Å²) < 4.78 is 43.4. The van der Waals surface area contributed by atoms with E-state index in [0.717, 1.165) is 11.8 Å². The maximum absolute atomic E-state index is 13.4. The third-order valence-electron chi connectivity index (χ3n) is 3.89. The Labute approximate surface area is 130 Å². The largest absolute Gasteiger partial charge is 0.417 e. The van der Waals surface area contributed by atoms with Gasteiger partial charge in [-0.1, -0.05) is 0 Å². The quantitative estimate of drug-likeness (QED) is 0.739. The zero-order valence-corrected chi connectivity index (χ0v) is 13.0. The number of nitrogens with zero attached hydrogens (tertiary/aromatic N) is 5. The van der Waals surface area contributed by atoms with Gasteiger partial charge in [-0.2, -0.15) is 23.4 Å². The van der Waals surface area contributed by atoms with E-state index in [1.807, 2.05) is 20.8 Å². The molecular weight excluding hydrogens is 307 g/mol. The second kappa shape index (κ2) is 5.36. The van der Waals surface area contributed by atoms with Gasteiger partial charge in [0.1, 0.15) is 0 Å². The normalized spacial score (nSPS) is 12.3. The monoisotopic (exact) mass is 323 g/mol. The molecule has 0 fully saturated rings.